The van der Waals surface area contributed by atoms with Crippen LogP contribution in [0.4, 0.5) is 0 Å². The summed E-state index contributed by atoms with van der Waals surface area (Å²) in [5.74, 6) is 0. The number of aromatic nitrogens is 2. The lowest BCUT2D eigenvalue weighted by atomic mass is 10.0. The van der Waals surface area contributed by atoms with Crippen molar-refractivity contribution < 1.29 is 0 Å². The minimum atomic E-state index is 0.705. The molecule has 0 bridgehead atoms. The maximum Gasteiger partial charge on any atom is 0.0991 e. The number of benzene rings is 2. The van der Waals surface area contributed by atoms with E-state index in [1.165, 1.54) is 0 Å². The van der Waals surface area contributed by atoms with E-state index in [0.717, 1.165) is 28.3 Å². The molecule has 0 saturated heterocycles. The van der Waals surface area contributed by atoms with Crippen molar-refractivity contribution in [2.45, 2.75) is 6.42 Å². The van der Waals surface area contributed by atoms with Crippen molar-refractivity contribution in [1.29, 1.82) is 0 Å². The van der Waals surface area contributed by atoms with Crippen LogP contribution in [0.5, 0.6) is 0 Å². The first-order chi connectivity index (χ1) is 9.74. The van der Waals surface area contributed by atoms with Crippen LogP contribution >= 0.6 is 23.2 Å². The molecular weight excluding hydrogens is 291 g/mol. The van der Waals surface area contributed by atoms with E-state index in [1.807, 2.05) is 53.2 Å². The van der Waals surface area contributed by atoms with Gasteiger partial charge in [0.15, 0.2) is 0 Å². The Morgan fingerprint density at radius 2 is 1.85 bits per heavy atom. The first kappa shape index (κ1) is 13.2. The molecule has 1 heterocycles. The second-order valence-electron chi connectivity index (χ2n) is 4.51. The van der Waals surface area contributed by atoms with E-state index in [2.05, 4.69) is 4.98 Å². The van der Waals surface area contributed by atoms with E-state index in [4.69, 9.17) is 23.2 Å². The molecule has 0 aliphatic heterocycles. The van der Waals surface area contributed by atoms with Crippen LogP contribution in [-0.2, 0) is 6.42 Å². The molecule has 3 rings (SSSR count). The minimum Gasteiger partial charge on any atom is -0.306 e. The standard InChI is InChI=1S/C16H12Cl2N2/c17-14-6-5-13(9-12-3-1-2-4-15(12)18)16(10-14)20-8-7-19-11-20/h1-8,10-11H,9H2. The summed E-state index contributed by atoms with van der Waals surface area (Å²) in [6, 6.07) is 13.7. The Morgan fingerprint density at radius 3 is 2.60 bits per heavy atom. The highest BCUT2D eigenvalue weighted by Crippen LogP contribution is 2.25. The molecule has 4 heteroatoms. The number of nitrogens with zero attached hydrogens (tertiary/aromatic N) is 2. The van der Waals surface area contributed by atoms with Crippen LogP contribution in [-0.4, -0.2) is 9.55 Å². The molecule has 0 fully saturated rings. The zero-order valence-corrected chi connectivity index (χ0v) is 12.1. The lowest BCUT2D eigenvalue weighted by molar-refractivity contribution is 1.02. The molecule has 0 saturated carbocycles. The summed E-state index contributed by atoms with van der Waals surface area (Å²) >= 11 is 12.3. The van der Waals surface area contributed by atoms with Crippen LogP contribution < -0.4 is 0 Å². The summed E-state index contributed by atoms with van der Waals surface area (Å²) in [5, 5.41) is 1.48. The highest BCUT2D eigenvalue weighted by atomic mass is 35.5. The smallest absolute Gasteiger partial charge is 0.0991 e. The van der Waals surface area contributed by atoms with Crippen molar-refractivity contribution in [3.63, 3.8) is 0 Å². The Labute approximate surface area is 127 Å². The van der Waals surface area contributed by atoms with E-state index >= 15 is 0 Å². The molecule has 100 valence electrons. The quantitative estimate of drug-likeness (QED) is 0.681. The van der Waals surface area contributed by atoms with Crippen LogP contribution in [0.1, 0.15) is 11.1 Å². The largest absolute Gasteiger partial charge is 0.306 e. The first-order valence-corrected chi connectivity index (χ1v) is 7.00. The zero-order valence-electron chi connectivity index (χ0n) is 10.6. The minimum absolute atomic E-state index is 0.705. The SMILES string of the molecule is Clc1ccc(Cc2ccccc2Cl)c(-n2ccnc2)c1. The summed E-state index contributed by atoms with van der Waals surface area (Å²) in [6.07, 6.45) is 6.17. The molecule has 0 spiro atoms. The normalized spacial score (nSPS) is 10.7. The molecule has 2 nitrogen and oxygen atoms in total. The van der Waals surface area contributed by atoms with Gasteiger partial charge in [0.2, 0.25) is 0 Å². The average molecular weight is 303 g/mol. The number of hydrogen-bond acceptors (Lipinski definition) is 1. The lowest BCUT2D eigenvalue weighted by Gasteiger charge is -2.12. The fourth-order valence-corrected chi connectivity index (χ4v) is 2.54. The third-order valence-corrected chi connectivity index (χ3v) is 3.77. The van der Waals surface area contributed by atoms with E-state index < -0.39 is 0 Å². The van der Waals surface area contributed by atoms with Gasteiger partial charge in [-0.25, -0.2) is 4.98 Å². The summed E-state index contributed by atoms with van der Waals surface area (Å²) < 4.78 is 1.96. The average Bonchev–Trinajstić information content (AvgIpc) is 2.97. The van der Waals surface area contributed by atoms with Gasteiger partial charge in [-0.2, -0.15) is 0 Å². The third kappa shape index (κ3) is 2.72. The summed E-state index contributed by atoms with van der Waals surface area (Å²) in [6.45, 7) is 0. The highest BCUT2D eigenvalue weighted by molar-refractivity contribution is 6.31. The van der Waals surface area contributed by atoms with E-state index in [1.54, 1.807) is 12.5 Å². The fraction of sp³-hybridized carbons (Fsp3) is 0.0625. The maximum absolute atomic E-state index is 6.24. The van der Waals surface area contributed by atoms with E-state index in [0.29, 0.717) is 5.02 Å². The molecular formula is C16H12Cl2N2. The van der Waals surface area contributed by atoms with Gasteiger partial charge in [0.05, 0.1) is 12.0 Å². The van der Waals surface area contributed by atoms with Crippen molar-refractivity contribution in [2.75, 3.05) is 0 Å². The van der Waals surface area contributed by atoms with Gasteiger partial charge < -0.3 is 4.57 Å². The number of halogens is 2. The summed E-state index contributed by atoms with van der Waals surface area (Å²) in [7, 11) is 0. The first-order valence-electron chi connectivity index (χ1n) is 6.24. The van der Waals surface area contributed by atoms with Crippen molar-refractivity contribution in [2.24, 2.45) is 0 Å². The number of rotatable bonds is 3. The van der Waals surface area contributed by atoms with Gasteiger partial charge in [-0.1, -0.05) is 47.5 Å². The van der Waals surface area contributed by atoms with Crippen molar-refractivity contribution in [1.82, 2.24) is 9.55 Å². The van der Waals surface area contributed by atoms with Crippen LogP contribution in [0.3, 0.4) is 0 Å². The molecule has 0 aliphatic rings. The number of hydrogen-bond donors (Lipinski definition) is 0. The van der Waals surface area contributed by atoms with Gasteiger partial charge in [0.1, 0.15) is 0 Å². The molecule has 0 aliphatic carbocycles. The molecule has 2 aromatic carbocycles. The van der Waals surface area contributed by atoms with Crippen LogP contribution in [0.2, 0.25) is 10.0 Å². The van der Waals surface area contributed by atoms with Crippen molar-refractivity contribution in [3.05, 3.63) is 82.4 Å². The lowest BCUT2D eigenvalue weighted by Crippen LogP contribution is -1.99. The maximum atomic E-state index is 6.24. The van der Waals surface area contributed by atoms with Crippen molar-refractivity contribution >= 4 is 23.2 Å². The zero-order chi connectivity index (χ0) is 13.9. The van der Waals surface area contributed by atoms with Gasteiger partial charge >= 0.3 is 0 Å². The molecule has 0 atom stereocenters. The Kier molecular flexibility index (Phi) is 3.77. The molecule has 3 aromatic rings. The fourth-order valence-electron chi connectivity index (χ4n) is 2.18. The third-order valence-electron chi connectivity index (χ3n) is 3.17. The van der Waals surface area contributed by atoms with Gasteiger partial charge in [0.25, 0.3) is 0 Å². The van der Waals surface area contributed by atoms with E-state index in [-0.39, 0.29) is 0 Å². The summed E-state index contributed by atoms with van der Waals surface area (Å²) in [5.41, 5.74) is 3.27. The topological polar surface area (TPSA) is 17.8 Å². The van der Waals surface area contributed by atoms with Crippen LogP contribution in [0.25, 0.3) is 5.69 Å². The van der Waals surface area contributed by atoms with Crippen molar-refractivity contribution in [3.8, 4) is 5.69 Å². The molecule has 0 radical (unpaired) electrons. The monoisotopic (exact) mass is 302 g/mol. The predicted octanol–water partition coefficient (Wildman–Crippen LogP) is 4.77. The van der Waals surface area contributed by atoms with Gasteiger partial charge in [0, 0.05) is 28.9 Å². The van der Waals surface area contributed by atoms with Crippen LogP contribution in [0, 0.1) is 0 Å². The second kappa shape index (κ2) is 5.70. The molecule has 0 amide bonds. The van der Waals surface area contributed by atoms with Gasteiger partial charge in [-0.05, 0) is 29.3 Å². The highest BCUT2D eigenvalue weighted by Gasteiger charge is 2.08. The number of imidazole rings is 1. The molecule has 1 aromatic heterocycles. The molecule has 0 N–H and O–H groups in total. The predicted molar refractivity (Wildman–Crippen MR) is 82.8 cm³/mol. The summed E-state index contributed by atoms with van der Waals surface area (Å²) in [4.78, 5) is 4.09. The Balaban J connectivity index is 2.04. The van der Waals surface area contributed by atoms with E-state index in [9.17, 15) is 0 Å². The van der Waals surface area contributed by atoms with Crippen LogP contribution in [0.15, 0.2) is 61.2 Å². The Hall–Kier alpha value is -1.77. The second-order valence-corrected chi connectivity index (χ2v) is 5.35. The molecule has 20 heavy (non-hydrogen) atoms. The molecule has 0 unspecified atom stereocenters. The van der Waals surface area contributed by atoms with Gasteiger partial charge in [-0.3, -0.25) is 0 Å². The Bertz CT molecular complexity index is 721. The Morgan fingerprint density at radius 1 is 1.00 bits per heavy atom. The van der Waals surface area contributed by atoms with Gasteiger partial charge in [-0.15, -0.1) is 0 Å².